The molecule has 1 aromatic heterocycles. The Balaban J connectivity index is 1.48. The predicted molar refractivity (Wildman–Crippen MR) is 108 cm³/mol. The average molecular weight is 391 g/mol. The van der Waals surface area contributed by atoms with E-state index in [-0.39, 0.29) is 11.9 Å². The lowest BCUT2D eigenvalue weighted by Crippen LogP contribution is -2.22. The minimum Gasteiger partial charge on any atom is -0.459 e. The third kappa shape index (κ3) is 6.03. The second kappa shape index (κ2) is 9.84. The maximum Gasteiger partial charge on any atom is 0.318 e. The minimum atomic E-state index is -0.161. The molecular weight excluding hydrogens is 370 g/mol. The Bertz CT molecular complexity index is 959. The first-order valence-electron chi connectivity index (χ1n) is 8.97. The molecule has 8 heteroatoms. The molecule has 0 saturated carbocycles. The van der Waals surface area contributed by atoms with E-state index < -0.39 is 0 Å². The predicted octanol–water partition coefficient (Wildman–Crippen LogP) is 1.81. The number of nitrogens with zero attached hydrogens (tertiary/aromatic N) is 2. The van der Waals surface area contributed by atoms with Crippen LogP contribution in [-0.4, -0.2) is 22.3 Å². The number of anilines is 1. The summed E-state index contributed by atoms with van der Waals surface area (Å²) < 4.78 is 5.51. The van der Waals surface area contributed by atoms with E-state index >= 15 is 0 Å². The molecule has 0 aliphatic rings. The van der Waals surface area contributed by atoms with Gasteiger partial charge in [0.25, 0.3) is 5.91 Å². The molecule has 0 radical (unpaired) electrons. The number of hydrogen-bond donors (Lipinski definition) is 3. The topological polar surface area (TPSA) is 119 Å². The average Bonchev–Trinajstić information content (AvgIpc) is 2.76. The Hall–Kier alpha value is -3.94. The summed E-state index contributed by atoms with van der Waals surface area (Å²) in [6.07, 6.45) is 2.18. The molecule has 3 aromatic rings. The summed E-state index contributed by atoms with van der Waals surface area (Å²) in [5.74, 6) is 0.194. The molecule has 0 fully saturated rings. The number of ether oxygens (including phenoxy) is 1. The number of amides is 2. The third-order valence-electron chi connectivity index (χ3n) is 4.10. The summed E-state index contributed by atoms with van der Waals surface area (Å²) in [6.45, 7) is 1.17. The molecule has 0 aliphatic carbocycles. The van der Waals surface area contributed by atoms with Gasteiger partial charge in [0.15, 0.2) is 0 Å². The molecule has 4 N–H and O–H groups in total. The van der Waals surface area contributed by atoms with E-state index in [2.05, 4.69) is 20.6 Å². The highest BCUT2D eigenvalue weighted by molar-refractivity contribution is 5.94. The summed E-state index contributed by atoms with van der Waals surface area (Å²) in [5, 5.41) is 5.47. The molecular formula is C21H21N5O3. The summed E-state index contributed by atoms with van der Waals surface area (Å²) >= 11 is 0. The molecule has 0 unspecified atom stereocenters. The zero-order chi connectivity index (χ0) is 20.5. The van der Waals surface area contributed by atoms with Crippen molar-refractivity contribution in [2.75, 3.05) is 5.73 Å². The van der Waals surface area contributed by atoms with Crippen molar-refractivity contribution in [1.29, 1.82) is 0 Å². The van der Waals surface area contributed by atoms with E-state index in [0.717, 1.165) is 16.7 Å². The number of nitrogen functional groups attached to an aromatic ring is 1. The number of rotatable bonds is 9. The quantitative estimate of drug-likeness (QED) is 0.479. The van der Waals surface area contributed by atoms with E-state index in [1.165, 1.54) is 0 Å². The summed E-state index contributed by atoms with van der Waals surface area (Å²) in [6, 6.07) is 16.6. The van der Waals surface area contributed by atoms with Gasteiger partial charge in [-0.05, 0) is 34.9 Å². The highest BCUT2D eigenvalue weighted by Crippen LogP contribution is 2.10. The van der Waals surface area contributed by atoms with Crippen molar-refractivity contribution in [2.45, 2.75) is 19.7 Å². The van der Waals surface area contributed by atoms with E-state index in [1.54, 1.807) is 24.4 Å². The molecule has 3 rings (SSSR count). The Morgan fingerprint density at radius 2 is 1.62 bits per heavy atom. The van der Waals surface area contributed by atoms with E-state index in [4.69, 9.17) is 10.5 Å². The van der Waals surface area contributed by atoms with Crippen LogP contribution in [0.15, 0.2) is 60.8 Å². The minimum absolute atomic E-state index is 0.161. The first-order chi connectivity index (χ1) is 14.1. The Kier molecular flexibility index (Phi) is 6.72. The van der Waals surface area contributed by atoms with Gasteiger partial charge in [-0.1, -0.05) is 36.4 Å². The lowest BCUT2D eigenvalue weighted by molar-refractivity contribution is -0.109. The normalized spacial score (nSPS) is 10.2. The number of benzene rings is 2. The highest BCUT2D eigenvalue weighted by Gasteiger charge is 2.06. The van der Waals surface area contributed by atoms with E-state index in [9.17, 15) is 9.59 Å². The van der Waals surface area contributed by atoms with Gasteiger partial charge in [0, 0.05) is 24.8 Å². The molecule has 148 valence electrons. The summed E-state index contributed by atoms with van der Waals surface area (Å²) in [7, 11) is 0. The van der Waals surface area contributed by atoms with Crippen molar-refractivity contribution in [3.63, 3.8) is 0 Å². The van der Waals surface area contributed by atoms with Crippen LogP contribution in [-0.2, 0) is 24.5 Å². The van der Waals surface area contributed by atoms with Gasteiger partial charge < -0.3 is 21.1 Å². The molecule has 29 heavy (non-hydrogen) atoms. The maximum absolute atomic E-state index is 12.3. The van der Waals surface area contributed by atoms with Gasteiger partial charge in [-0.2, -0.15) is 4.98 Å². The monoisotopic (exact) mass is 391 g/mol. The van der Waals surface area contributed by atoms with Crippen LogP contribution in [0, 0.1) is 0 Å². The summed E-state index contributed by atoms with van der Waals surface area (Å²) in [5.41, 5.74) is 9.00. The Morgan fingerprint density at radius 3 is 2.31 bits per heavy atom. The largest absolute Gasteiger partial charge is 0.459 e. The van der Waals surface area contributed by atoms with E-state index in [0.29, 0.717) is 37.5 Å². The molecule has 8 nitrogen and oxygen atoms in total. The number of nitrogens with two attached hydrogens (primary N) is 1. The first-order valence-corrected chi connectivity index (χ1v) is 8.97. The molecule has 0 aliphatic heterocycles. The number of nitrogens with one attached hydrogen (secondary N) is 2. The van der Waals surface area contributed by atoms with Crippen LogP contribution in [0.5, 0.6) is 6.01 Å². The van der Waals surface area contributed by atoms with E-state index in [1.807, 2.05) is 36.4 Å². The van der Waals surface area contributed by atoms with Crippen molar-refractivity contribution in [1.82, 2.24) is 20.6 Å². The van der Waals surface area contributed by atoms with Crippen LogP contribution >= 0.6 is 0 Å². The van der Waals surface area contributed by atoms with Crippen molar-refractivity contribution < 1.29 is 14.3 Å². The molecule has 2 aromatic carbocycles. The van der Waals surface area contributed by atoms with Crippen LogP contribution in [0.3, 0.4) is 0 Å². The molecule has 1 heterocycles. The Labute approximate surface area is 168 Å². The fourth-order valence-corrected chi connectivity index (χ4v) is 2.54. The van der Waals surface area contributed by atoms with Gasteiger partial charge in [0.05, 0.1) is 0 Å². The van der Waals surface area contributed by atoms with Gasteiger partial charge in [0.2, 0.25) is 6.41 Å². The summed E-state index contributed by atoms with van der Waals surface area (Å²) in [4.78, 5) is 30.6. The molecule has 0 bridgehead atoms. The fraction of sp³-hybridized carbons (Fsp3) is 0.143. The van der Waals surface area contributed by atoms with Gasteiger partial charge in [-0.25, -0.2) is 4.98 Å². The highest BCUT2D eigenvalue weighted by atomic mass is 16.5. The smallest absolute Gasteiger partial charge is 0.318 e. The SMILES string of the molecule is Nc1ccnc(OCc2ccc(CNC(=O)c3ccc(CNC=O)cc3)cc2)n1. The number of carbonyl (C=O) groups is 2. The van der Waals surface area contributed by atoms with Crippen molar-refractivity contribution in [3.05, 3.63) is 83.0 Å². The lowest BCUT2D eigenvalue weighted by atomic mass is 10.1. The second-order valence-electron chi connectivity index (χ2n) is 6.25. The standard InChI is InChI=1S/C21H21N5O3/c22-19-9-10-24-21(26-19)29-13-17-3-1-16(2-4-17)12-25-20(28)18-7-5-15(6-8-18)11-23-14-27/h1-10,14H,11-13H2,(H,23,27)(H,25,28)(H2,22,24,26). The zero-order valence-electron chi connectivity index (χ0n) is 15.7. The zero-order valence-corrected chi connectivity index (χ0v) is 15.7. The van der Waals surface area contributed by atoms with Crippen molar-refractivity contribution in [2.24, 2.45) is 0 Å². The van der Waals surface area contributed by atoms with Crippen LogP contribution in [0.2, 0.25) is 0 Å². The lowest BCUT2D eigenvalue weighted by Gasteiger charge is -2.08. The molecule has 0 saturated heterocycles. The molecule has 0 spiro atoms. The first kappa shape index (κ1) is 19.8. The van der Waals surface area contributed by atoms with Crippen molar-refractivity contribution >= 4 is 18.1 Å². The second-order valence-corrected chi connectivity index (χ2v) is 6.25. The van der Waals surface area contributed by atoms with Gasteiger partial charge in [-0.15, -0.1) is 0 Å². The molecule has 2 amide bonds. The number of carbonyl (C=O) groups excluding carboxylic acids is 2. The van der Waals surface area contributed by atoms with Gasteiger partial charge in [-0.3, -0.25) is 9.59 Å². The third-order valence-corrected chi connectivity index (χ3v) is 4.10. The van der Waals surface area contributed by atoms with Crippen LogP contribution in [0.4, 0.5) is 5.82 Å². The number of aromatic nitrogens is 2. The van der Waals surface area contributed by atoms with Crippen LogP contribution in [0.1, 0.15) is 27.0 Å². The fourth-order valence-electron chi connectivity index (χ4n) is 2.54. The van der Waals surface area contributed by atoms with Crippen molar-refractivity contribution in [3.8, 4) is 6.01 Å². The Morgan fingerprint density at radius 1 is 0.966 bits per heavy atom. The van der Waals surface area contributed by atoms with Crippen LogP contribution < -0.4 is 21.1 Å². The number of hydrogen-bond acceptors (Lipinski definition) is 6. The van der Waals surface area contributed by atoms with Gasteiger partial charge >= 0.3 is 6.01 Å². The maximum atomic E-state index is 12.3. The molecule has 0 atom stereocenters. The van der Waals surface area contributed by atoms with Crippen LogP contribution in [0.25, 0.3) is 0 Å². The van der Waals surface area contributed by atoms with Gasteiger partial charge in [0.1, 0.15) is 12.4 Å².